The summed E-state index contributed by atoms with van der Waals surface area (Å²) in [6.45, 7) is 3.31. The summed E-state index contributed by atoms with van der Waals surface area (Å²) in [6.07, 6.45) is 2.69. The second kappa shape index (κ2) is 11.9. The molecule has 0 bridgehead atoms. The first-order valence-corrected chi connectivity index (χ1v) is 12.7. The second-order valence-corrected chi connectivity index (χ2v) is 9.55. The number of benzene rings is 4. The van der Waals surface area contributed by atoms with Crippen LogP contribution in [-0.2, 0) is 26.1 Å². The Hall–Kier alpha value is -3.93. The van der Waals surface area contributed by atoms with Crippen LogP contribution >= 0.6 is 11.6 Å². The zero-order valence-corrected chi connectivity index (χ0v) is 21.2. The van der Waals surface area contributed by atoms with Gasteiger partial charge in [-0.1, -0.05) is 60.1 Å². The highest BCUT2D eigenvalue weighted by Gasteiger charge is 2.16. The molecule has 6 heteroatoms. The third-order valence-corrected chi connectivity index (χ3v) is 6.62. The van der Waals surface area contributed by atoms with Crippen LogP contribution in [0.4, 0.5) is 0 Å². The lowest BCUT2D eigenvalue weighted by molar-refractivity contribution is 0.0955. The Morgan fingerprint density at radius 3 is 2.49 bits per heavy atom. The zero-order chi connectivity index (χ0) is 25.5. The quantitative estimate of drug-likeness (QED) is 0.226. The average molecular weight is 510 g/mol. The minimum Gasteiger partial charge on any atom is -0.489 e. The summed E-state index contributed by atoms with van der Waals surface area (Å²) in [6, 6.07) is 31.5. The van der Waals surface area contributed by atoms with Gasteiger partial charge in [-0.05, 0) is 82.8 Å². The van der Waals surface area contributed by atoms with E-state index in [0.717, 1.165) is 42.9 Å². The highest BCUT2D eigenvalue weighted by Crippen LogP contribution is 2.20. The monoisotopic (exact) mass is 509 g/mol. The predicted octanol–water partition coefficient (Wildman–Crippen LogP) is 6.24. The molecule has 4 aromatic carbocycles. The maximum absolute atomic E-state index is 12.5. The van der Waals surface area contributed by atoms with Crippen molar-refractivity contribution in [2.24, 2.45) is 5.10 Å². The Morgan fingerprint density at radius 1 is 0.919 bits per heavy atom. The molecule has 1 aliphatic rings. The standard InChI is InChI=1S/C31H28ClN3O2/c32-29-7-3-4-25(18-29)22-37-30-14-10-23(11-15-30)19-33-34-31(36)27-12-8-24(9-13-27)20-35-17-16-26-5-1-2-6-28(26)21-35/h1-15,18-19H,16-17,20-22H2,(H,34,36)/b33-19+. The maximum atomic E-state index is 12.5. The van der Waals surface area contributed by atoms with Crippen molar-refractivity contribution in [2.75, 3.05) is 6.54 Å². The molecule has 37 heavy (non-hydrogen) atoms. The van der Waals surface area contributed by atoms with E-state index in [1.165, 1.54) is 16.7 Å². The van der Waals surface area contributed by atoms with Gasteiger partial charge in [-0.25, -0.2) is 5.43 Å². The summed E-state index contributed by atoms with van der Waals surface area (Å²) in [5.74, 6) is 0.506. The van der Waals surface area contributed by atoms with Crippen LogP contribution in [-0.4, -0.2) is 23.6 Å². The number of ether oxygens (including phenoxy) is 1. The van der Waals surface area contributed by atoms with Gasteiger partial charge in [0.15, 0.2) is 0 Å². The number of carbonyl (C=O) groups is 1. The van der Waals surface area contributed by atoms with Crippen LogP contribution in [0.25, 0.3) is 0 Å². The number of nitrogens with one attached hydrogen (secondary N) is 1. The molecule has 0 aliphatic carbocycles. The summed E-state index contributed by atoms with van der Waals surface area (Å²) in [5, 5.41) is 4.79. The van der Waals surface area contributed by atoms with Crippen molar-refractivity contribution < 1.29 is 9.53 Å². The summed E-state index contributed by atoms with van der Waals surface area (Å²) in [5.41, 5.74) is 9.09. The first-order chi connectivity index (χ1) is 18.1. The molecule has 0 fully saturated rings. The Labute approximate surface area is 222 Å². The third-order valence-electron chi connectivity index (χ3n) is 6.39. The lowest BCUT2D eigenvalue weighted by Gasteiger charge is -2.28. The van der Waals surface area contributed by atoms with E-state index in [1.807, 2.05) is 72.8 Å². The Bertz CT molecular complexity index is 1380. The SMILES string of the molecule is O=C(N/N=C/c1ccc(OCc2cccc(Cl)c2)cc1)c1ccc(CN2CCc3ccccc3C2)cc1. The topological polar surface area (TPSA) is 53.9 Å². The van der Waals surface area contributed by atoms with Crippen LogP contribution in [0.2, 0.25) is 5.02 Å². The molecular formula is C31H28ClN3O2. The number of fused-ring (bicyclic) bond motifs is 1. The van der Waals surface area contributed by atoms with Gasteiger partial charge >= 0.3 is 0 Å². The molecule has 1 heterocycles. The van der Waals surface area contributed by atoms with E-state index < -0.39 is 0 Å². The molecule has 0 saturated heterocycles. The number of hydrogen-bond donors (Lipinski definition) is 1. The van der Waals surface area contributed by atoms with Gasteiger partial charge in [-0.2, -0.15) is 5.10 Å². The van der Waals surface area contributed by atoms with Crippen LogP contribution in [0.5, 0.6) is 5.75 Å². The van der Waals surface area contributed by atoms with E-state index in [0.29, 0.717) is 17.2 Å². The predicted molar refractivity (Wildman–Crippen MR) is 148 cm³/mol. The van der Waals surface area contributed by atoms with Gasteiger partial charge < -0.3 is 4.74 Å². The molecule has 5 nitrogen and oxygen atoms in total. The molecule has 0 saturated carbocycles. The fourth-order valence-corrected chi connectivity index (χ4v) is 4.60. The van der Waals surface area contributed by atoms with Crippen molar-refractivity contribution in [2.45, 2.75) is 26.1 Å². The highest BCUT2D eigenvalue weighted by atomic mass is 35.5. The maximum Gasteiger partial charge on any atom is 0.271 e. The lowest BCUT2D eigenvalue weighted by atomic mass is 9.99. The Kier molecular flexibility index (Phi) is 7.94. The molecule has 1 amide bonds. The van der Waals surface area contributed by atoms with Crippen LogP contribution < -0.4 is 10.2 Å². The molecule has 0 spiro atoms. The van der Waals surface area contributed by atoms with Gasteiger partial charge in [0, 0.05) is 30.2 Å². The second-order valence-electron chi connectivity index (χ2n) is 9.11. The zero-order valence-electron chi connectivity index (χ0n) is 20.4. The van der Waals surface area contributed by atoms with Crippen LogP contribution in [0.1, 0.15) is 38.2 Å². The van der Waals surface area contributed by atoms with Crippen molar-refractivity contribution in [3.8, 4) is 5.75 Å². The van der Waals surface area contributed by atoms with Crippen molar-refractivity contribution in [1.29, 1.82) is 0 Å². The normalized spacial score (nSPS) is 13.3. The highest BCUT2D eigenvalue weighted by molar-refractivity contribution is 6.30. The fourth-order valence-electron chi connectivity index (χ4n) is 4.38. The largest absolute Gasteiger partial charge is 0.489 e. The number of hydrogen-bond acceptors (Lipinski definition) is 4. The smallest absolute Gasteiger partial charge is 0.271 e. The van der Waals surface area contributed by atoms with E-state index in [1.54, 1.807) is 6.21 Å². The lowest BCUT2D eigenvalue weighted by Crippen LogP contribution is -2.30. The number of nitrogens with zero attached hydrogens (tertiary/aromatic N) is 2. The fraction of sp³-hybridized carbons (Fsp3) is 0.161. The van der Waals surface area contributed by atoms with Crippen LogP contribution in [0.3, 0.4) is 0 Å². The Morgan fingerprint density at radius 2 is 1.70 bits per heavy atom. The molecule has 1 aliphatic heterocycles. The molecule has 0 radical (unpaired) electrons. The molecule has 186 valence electrons. The number of halogens is 1. The summed E-state index contributed by atoms with van der Waals surface area (Å²) < 4.78 is 5.80. The van der Waals surface area contributed by atoms with Gasteiger partial charge in [0.2, 0.25) is 0 Å². The Balaban J connectivity index is 1.09. The van der Waals surface area contributed by atoms with Crippen molar-refractivity contribution in [3.05, 3.63) is 135 Å². The van der Waals surface area contributed by atoms with Crippen molar-refractivity contribution in [3.63, 3.8) is 0 Å². The molecule has 0 unspecified atom stereocenters. The van der Waals surface area contributed by atoms with E-state index >= 15 is 0 Å². The third kappa shape index (κ3) is 6.85. The van der Waals surface area contributed by atoms with Crippen LogP contribution in [0.15, 0.2) is 102 Å². The molecule has 4 aromatic rings. The number of hydrazone groups is 1. The van der Waals surface area contributed by atoms with Gasteiger partial charge in [0.1, 0.15) is 12.4 Å². The summed E-state index contributed by atoms with van der Waals surface area (Å²) in [4.78, 5) is 14.9. The number of rotatable bonds is 8. The van der Waals surface area contributed by atoms with Gasteiger partial charge in [-0.3, -0.25) is 9.69 Å². The molecule has 0 atom stereocenters. The molecule has 1 N–H and O–H groups in total. The molecular weight excluding hydrogens is 482 g/mol. The minimum atomic E-state index is -0.240. The minimum absolute atomic E-state index is 0.240. The van der Waals surface area contributed by atoms with E-state index in [-0.39, 0.29) is 5.91 Å². The van der Waals surface area contributed by atoms with Gasteiger partial charge in [0.25, 0.3) is 5.91 Å². The summed E-state index contributed by atoms with van der Waals surface area (Å²) in [7, 11) is 0. The van der Waals surface area contributed by atoms with Crippen molar-refractivity contribution in [1.82, 2.24) is 10.3 Å². The summed E-state index contributed by atoms with van der Waals surface area (Å²) >= 11 is 6.01. The van der Waals surface area contributed by atoms with Gasteiger partial charge in [-0.15, -0.1) is 0 Å². The van der Waals surface area contributed by atoms with E-state index in [9.17, 15) is 4.79 Å². The van der Waals surface area contributed by atoms with Gasteiger partial charge in [0.05, 0.1) is 6.21 Å². The number of carbonyl (C=O) groups excluding carboxylic acids is 1. The first-order valence-electron chi connectivity index (χ1n) is 12.3. The molecule has 0 aromatic heterocycles. The first kappa shape index (κ1) is 24.8. The number of amides is 1. The van der Waals surface area contributed by atoms with E-state index in [2.05, 4.69) is 39.7 Å². The average Bonchev–Trinajstić information content (AvgIpc) is 2.93. The van der Waals surface area contributed by atoms with Crippen molar-refractivity contribution >= 4 is 23.7 Å². The van der Waals surface area contributed by atoms with E-state index in [4.69, 9.17) is 16.3 Å². The molecule has 5 rings (SSSR count). The van der Waals surface area contributed by atoms with Crippen LogP contribution in [0, 0.1) is 0 Å².